The van der Waals surface area contributed by atoms with E-state index in [4.69, 9.17) is 10.7 Å². The summed E-state index contributed by atoms with van der Waals surface area (Å²) in [7, 11) is 1.80. The van der Waals surface area contributed by atoms with Gasteiger partial charge in [-0.15, -0.1) is 0 Å². The molecule has 0 aliphatic carbocycles. The molecule has 1 aliphatic heterocycles. The van der Waals surface area contributed by atoms with Crippen LogP contribution in [0.1, 0.15) is 72.4 Å². The summed E-state index contributed by atoms with van der Waals surface area (Å²) in [5.74, 6) is 1.06. The number of carbonyl (C=O) groups is 2. The molecule has 1 fully saturated rings. The molecule has 1 aliphatic rings. The summed E-state index contributed by atoms with van der Waals surface area (Å²) < 4.78 is 1.65. The van der Waals surface area contributed by atoms with E-state index in [1.807, 2.05) is 24.3 Å². The van der Waals surface area contributed by atoms with E-state index in [0.717, 1.165) is 24.9 Å². The lowest BCUT2D eigenvalue weighted by atomic mass is 9.84. The number of aryl methyl sites for hydroxylation is 1. The quantitative estimate of drug-likeness (QED) is 0.472. The predicted molar refractivity (Wildman–Crippen MR) is 136 cm³/mol. The van der Waals surface area contributed by atoms with Crippen LogP contribution in [-0.4, -0.2) is 44.0 Å². The number of piperidine rings is 1. The van der Waals surface area contributed by atoms with E-state index in [-0.39, 0.29) is 23.4 Å². The third-order valence-electron chi connectivity index (χ3n) is 6.75. The van der Waals surface area contributed by atoms with E-state index in [1.54, 1.807) is 30.3 Å². The first kappa shape index (κ1) is 24.4. The number of hydrogen-bond donors (Lipinski definition) is 2. The highest BCUT2D eigenvalue weighted by molar-refractivity contribution is 5.97. The number of amides is 1. The standard InChI is InChI=1S/C26H33N7O2/c1-16(2)18-7-9-19(10-8-18)22(34)12-20-6-5-11-33(17(20)3)23-14-28-24(25(27)35)26(31-23)30-21-13-29-32(4)15-21/h7-10,13-17,20H,5-6,11-12H2,1-4H3,(H2,27,35)(H,30,31)/t17-,20+/m1/s1. The minimum Gasteiger partial charge on any atom is -0.364 e. The van der Waals surface area contributed by atoms with Gasteiger partial charge in [-0.25, -0.2) is 9.97 Å². The Morgan fingerprint density at radius 2 is 1.94 bits per heavy atom. The Morgan fingerprint density at radius 1 is 1.20 bits per heavy atom. The van der Waals surface area contributed by atoms with Crippen molar-refractivity contribution in [2.45, 2.75) is 52.0 Å². The first-order valence-corrected chi connectivity index (χ1v) is 12.0. The lowest BCUT2D eigenvalue weighted by Crippen LogP contribution is -2.44. The second-order valence-electron chi connectivity index (χ2n) is 9.56. The van der Waals surface area contributed by atoms with E-state index in [9.17, 15) is 9.59 Å². The lowest BCUT2D eigenvalue weighted by Gasteiger charge is -2.40. The average Bonchev–Trinajstić information content (AvgIpc) is 3.24. The van der Waals surface area contributed by atoms with Crippen molar-refractivity contribution < 1.29 is 9.59 Å². The molecule has 0 spiro atoms. The molecule has 3 heterocycles. The Bertz CT molecular complexity index is 1200. The molecule has 35 heavy (non-hydrogen) atoms. The van der Waals surface area contributed by atoms with E-state index >= 15 is 0 Å². The molecule has 0 unspecified atom stereocenters. The van der Waals surface area contributed by atoms with Crippen LogP contribution in [0, 0.1) is 5.92 Å². The fourth-order valence-electron chi connectivity index (χ4n) is 4.64. The van der Waals surface area contributed by atoms with Gasteiger partial charge in [0.2, 0.25) is 0 Å². The highest BCUT2D eigenvalue weighted by atomic mass is 16.1. The number of nitrogens with two attached hydrogens (primary N) is 1. The number of nitrogens with zero attached hydrogens (tertiary/aromatic N) is 5. The van der Waals surface area contributed by atoms with Crippen molar-refractivity contribution in [3.05, 3.63) is 59.7 Å². The maximum absolute atomic E-state index is 13.0. The third-order valence-corrected chi connectivity index (χ3v) is 6.75. The van der Waals surface area contributed by atoms with Gasteiger partial charge in [0.25, 0.3) is 5.91 Å². The van der Waals surface area contributed by atoms with E-state index in [2.05, 4.69) is 41.1 Å². The minimum atomic E-state index is -0.658. The van der Waals surface area contributed by atoms with Crippen LogP contribution in [-0.2, 0) is 7.05 Å². The van der Waals surface area contributed by atoms with Gasteiger partial charge in [-0.1, -0.05) is 38.1 Å². The summed E-state index contributed by atoms with van der Waals surface area (Å²) >= 11 is 0. The van der Waals surface area contributed by atoms with Crippen molar-refractivity contribution in [1.82, 2.24) is 19.7 Å². The van der Waals surface area contributed by atoms with Gasteiger partial charge in [0, 0.05) is 37.8 Å². The Morgan fingerprint density at radius 3 is 2.57 bits per heavy atom. The Kier molecular flexibility index (Phi) is 7.14. The van der Waals surface area contributed by atoms with Gasteiger partial charge < -0.3 is 16.0 Å². The van der Waals surface area contributed by atoms with E-state index in [0.29, 0.717) is 29.7 Å². The highest BCUT2D eigenvalue weighted by Crippen LogP contribution is 2.32. The zero-order valence-electron chi connectivity index (χ0n) is 20.7. The second-order valence-corrected chi connectivity index (χ2v) is 9.56. The van der Waals surface area contributed by atoms with Crippen LogP contribution in [0.3, 0.4) is 0 Å². The zero-order valence-corrected chi connectivity index (χ0v) is 20.7. The molecule has 3 N–H and O–H groups in total. The van der Waals surface area contributed by atoms with Crippen molar-refractivity contribution in [3.8, 4) is 0 Å². The van der Waals surface area contributed by atoms with Crippen LogP contribution in [0.4, 0.5) is 17.3 Å². The summed E-state index contributed by atoms with van der Waals surface area (Å²) in [4.78, 5) is 36.2. The van der Waals surface area contributed by atoms with Gasteiger partial charge in [0.05, 0.1) is 18.1 Å². The molecule has 0 bridgehead atoms. The van der Waals surface area contributed by atoms with Crippen molar-refractivity contribution in [2.75, 3.05) is 16.8 Å². The number of rotatable bonds is 8. The van der Waals surface area contributed by atoms with Gasteiger partial charge in [-0.05, 0) is 37.2 Å². The molecular weight excluding hydrogens is 442 g/mol. The Hall–Kier alpha value is -3.75. The molecule has 9 heteroatoms. The summed E-state index contributed by atoms with van der Waals surface area (Å²) in [5, 5.41) is 7.24. The van der Waals surface area contributed by atoms with Crippen molar-refractivity contribution in [3.63, 3.8) is 0 Å². The van der Waals surface area contributed by atoms with Gasteiger partial charge in [-0.2, -0.15) is 5.10 Å². The maximum atomic E-state index is 13.0. The summed E-state index contributed by atoms with van der Waals surface area (Å²) in [6.07, 6.45) is 7.39. The number of Topliss-reactive ketones (excluding diaryl/α,β-unsaturated/α-hetero) is 1. The number of nitrogens with one attached hydrogen (secondary N) is 1. The molecule has 2 aromatic heterocycles. The van der Waals surface area contributed by atoms with Gasteiger partial charge in [-0.3, -0.25) is 14.3 Å². The number of carbonyl (C=O) groups excluding carboxylic acids is 2. The fourth-order valence-corrected chi connectivity index (χ4v) is 4.64. The molecule has 0 saturated carbocycles. The third kappa shape index (κ3) is 5.50. The van der Waals surface area contributed by atoms with Crippen LogP contribution in [0.2, 0.25) is 0 Å². The summed E-state index contributed by atoms with van der Waals surface area (Å²) in [6, 6.07) is 8.05. The monoisotopic (exact) mass is 475 g/mol. The average molecular weight is 476 g/mol. The van der Waals surface area contributed by atoms with Gasteiger partial charge in [0.15, 0.2) is 17.3 Å². The largest absolute Gasteiger partial charge is 0.364 e. The van der Waals surface area contributed by atoms with Crippen LogP contribution < -0.4 is 16.0 Å². The fraction of sp³-hybridized carbons (Fsp3) is 0.423. The first-order chi connectivity index (χ1) is 16.7. The molecule has 3 aromatic rings. The SMILES string of the molecule is CC(C)c1ccc(C(=O)C[C@@H]2CCCN(c3cnc(C(N)=O)c(Nc4cnn(C)c4)n3)[C@@H]2C)cc1. The minimum absolute atomic E-state index is 0.0684. The zero-order chi connectivity index (χ0) is 25.1. The topological polar surface area (TPSA) is 119 Å². The highest BCUT2D eigenvalue weighted by Gasteiger charge is 2.31. The Balaban J connectivity index is 1.52. The van der Waals surface area contributed by atoms with E-state index < -0.39 is 5.91 Å². The molecule has 0 radical (unpaired) electrons. The van der Waals surface area contributed by atoms with Crippen LogP contribution >= 0.6 is 0 Å². The van der Waals surface area contributed by atoms with Gasteiger partial charge >= 0.3 is 0 Å². The number of aromatic nitrogens is 4. The smallest absolute Gasteiger partial charge is 0.271 e. The maximum Gasteiger partial charge on any atom is 0.271 e. The molecule has 1 aromatic carbocycles. The second kappa shape index (κ2) is 10.2. The number of primary amides is 1. The van der Waals surface area contributed by atoms with Crippen LogP contribution in [0.15, 0.2) is 42.9 Å². The number of anilines is 3. The predicted octanol–water partition coefficient (Wildman–Crippen LogP) is 4.05. The van der Waals surface area contributed by atoms with Gasteiger partial charge in [0.1, 0.15) is 5.82 Å². The Labute approximate surface area is 205 Å². The first-order valence-electron chi connectivity index (χ1n) is 12.0. The van der Waals surface area contributed by atoms with E-state index in [1.165, 1.54) is 5.56 Å². The summed E-state index contributed by atoms with van der Waals surface area (Å²) in [6.45, 7) is 7.21. The molecule has 9 nitrogen and oxygen atoms in total. The van der Waals surface area contributed by atoms with Crippen LogP contribution in [0.25, 0.3) is 0 Å². The van der Waals surface area contributed by atoms with Crippen LogP contribution in [0.5, 0.6) is 0 Å². The lowest BCUT2D eigenvalue weighted by molar-refractivity contribution is 0.0944. The molecule has 184 valence electrons. The normalized spacial score (nSPS) is 18.0. The van der Waals surface area contributed by atoms with Crippen molar-refractivity contribution in [1.29, 1.82) is 0 Å². The number of hydrogen-bond acceptors (Lipinski definition) is 7. The number of ketones is 1. The molecular formula is C26H33N7O2. The molecule has 2 atom stereocenters. The molecule has 1 saturated heterocycles. The molecule has 4 rings (SSSR count). The van der Waals surface area contributed by atoms with Crippen molar-refractivity contribution >= 4 is 29.0 Å². The van der Waals surface area contributed by atoms with Crippen molar-refractivity contribution in [2.24, 2.45) is 18.7 Å². The molecule has 1 amide bonds. The summed E-state index contributed by atoms with van der Waals surface area (Å²) in [5.41, 5.74) is 8.27. The number of benzene rings is 1.